The van der Waals surface area contributed by atoms with Crippen molar-refractivity contribution in [2.45, 2.75) is 0 Å². The van der Waals surface area contributed by atoms with Gasteiger partial charge in [0.05, 0.1) is 27.6 Å². The smallest absolute Gasteiger partial charge is 0.143 e. The Morgan fingerprint density at radius 2 is 1.03 bits per heavy atom. The number of nitrogens with zero attached hydrogens (tertiary/aromatic N) is 2. The van der Waals surface area contributed by atoms with Gasteiger partial charge in [0.2, 0.25) is 0 Å². The van der Waals surface area contributed by atoms with E-state index in [4.69, 9.17) is 4.42 Å². The highest BCUT2D eigenvalue weighted by molar-refractivity contribution is 6.19. The van der Waals surface area contributed by atoms with Crippen molar-refractivity contribution in [2.75, 3.05) is 4.90 Å². The average molecular weight is 757 g/mol. The van der Waals surface area contributed by atoms with E-state index in [-0.39, 0.29) is 35.5 Å². The number of para-hydroxylation sites is 2. The van der Waals surface area contributed by atoms with Crippen molar-refractivity contribution in [3.8, 4) is 27.9 Å². The fourth-order valence-corrected chi connectivity index (χ4v) is 8.85. The molecule has 59 heavy (non-hydrogen) atoms. The summed E-state index contributed by atoms with van der Waals surface area (Å²) in [5.74, 6) is 0. The zero-order valence-electron chi connectivity index (χ0n) is 35.8. The molecular formula is C56H36N2O. The Morgan fingerprint density at radius 3 is 1.78 bits per heavy atom. The average Bonchev–Trinajstić information content (AvgIpc) is 3.89. The van der Waals surface area contributed by atoms with Crippen molar-refractivity contribution >= 4 is 82.4 Å². The molecular weight excluding hydrogens is 717 g/mol. The Morgan fingerprint density at radius 1 is 0.441 bits per heavy atom. The van der Waals surface area contributed by atoms with Gasteiger partial charge in [-0.05, 0) is 105 Å². The predicted octanol–water partition coefficient (Wildman–Crippen LogP) is 15.8. The van der Waals surface area contributed by atoms with Gasteiger partial charge in [0.25, 0.3) is 0 Å². The molecule has 276 valence electrons. The van der Waals surface area contributed by atoms with Gasteiger partial charge in [0.15, 0.2) is 0 Å². The molecule has 0 unspecified atom stereocenters. The zero-order chi connectivity index (χ0) is 42.3. The number of fused-ring (bicyclic) bond motifs is 9. The van der Waals surface area contributed by atoms with Gasteiger partial charge < -0.3 is 13.9 Å². The fraction of sp³-hybridized carbons (Fsp3) is 0. The van der Waals surface area contributed by atoms with Gasteiger partial charge >= 0.3 is 0 Å². The van der Waals surface area contributed by atoms with Gasteiger partial charge in [-0.3, -0.25) is 0 Å². The van der Waals surface area contributed by atoms with Gasteiger partial charge in [0, 0.05) is 38.6 Å². The lowest BCUT2D eigenvalue weighted by Crippen LogP contribution is -2.11. The minimum absolute atomic E-state index is 0.0314. The van der Waals surface area contributed by atoms with Crippen LogP contribution < -0.4 is 4.90 Å². The van der Waals surface area contributed by atoms with E-state index >= 15 is 0 Å². The number of anilines is 3. The molecule has 0 N–H and O–H groups in total. The van der Waals surface area contributed by atoms with E-state index < -0.39 is 0 Å². The summed E-state index contributed by atoms with van der Waals surface area (Å²) in [7, 11) is 0. The van der Waals surface area contributed by atoms with E-state index in [1.807, 2.05) is 100 Å². The van der Waals surface area contributed by atoms with Crippen LogP contribution in [0.15, 0.2) is 223 Å². The van der Waals surface area contributed by atoms with Gasteiger partial charge in [0.1, 0.15) is 11.2 Å². The molecule has 12 aromatic rings. The van der Waals surface area contributed by atoms with Crippen molar-refractivity contribution in [2.24, 2.45) is 0 Å². The maximum absolute atomic E-state index is 10.1. The molecule has 0 spiro atoms. The van der Waals surface area contributed by atoms with Crippen molar-refractivity contribution in [3.05, 3.63) is 218 Å². The molecule has 0 aliphatic rings. The summed E-state index contributed by atoms with van der Waals surface area (Å²) in [4.78, 5) is 1.92. The van der Waals surface area contributed by atoms with Crippen LogP contribution in [0.4, 0.5) is 17.1 Å². The number of hydrogen-bond acceptors (Lipinski definition) is 2. The van der Waals surface area contributed by atoms with Crippen molar-refractivity contribution in [1.82, 2.24) is 4.57 Å². The van der Waals surface area contributed by atoms with Crippen LogP contribution >= 0.6 is 0 Å². The molecule has 12 rings (SSSR count). The summed E-state index contributed by atoms with van der Waals surface area (Å²) < 4.78 is 47.1. The van der Waals surface area contributed by atoms with E-state index in [1.165, 1.54) is 10.8 Å². The van der Waals surface area contributed by atoms with Gasteiger partial charge in [-0.2, -0.15) is 0 Å². The molecule has 3 heteroatoms. The van der Waals surface area contributed by atoms with E-state index in [9.17, 15) is 5.48 Å². The SMILES string of the molecule is [2H]c1c([2H])c(N(c2ccc(-c3ccc(-c4ccc5ccccc5c4)cc3)cc2)c2cccc3oc4c5ccccc5ccc4c23)c([2H])c(-n2c3ccccc3c3ccccc32)c1[2H]. The van der Waals surface area contributed by atoms with Crippen molar-refractivity contribution in [3.63, 3.8) is 0 Å². The largest absolute Gasteiger partial charge is 0.455 e. The first-order valence-corrected chi connectivity index (χ1v) is 19.8. The predicted molar refractivity (Wildman–Crippen MR) is 249 cm³/mol. The number of hydrogen-bond donors (Lipinski definition) is 0. The van der Waals surface area contributed by atoms with Crippen LogP contribution in [0.5, 0.6) is 0 Å². The third-order valence-corrected chi connectivity index (χ3v) is 11.7. The van der Waals surface area contributed by atoms with Crippen LogP contribution in [0.25, 0.3) is 93.2 Å². The van der Waals surface area contributed by atoms with Gasteiger partial charge in [-0.1, -0.05) is 152 Å². The summed E-state index contributed by atoms with van der Waals surface area (Å²) >= 11 is 0. The molecule has 2 heterocycles. The van der Waals surface area contributed by atoms with Crippen molar-refractivity contribution < 1.29 is 9.90 Å². The Labute approximate surface area is 346 Å². The topological polar surface area (TPSA) is 21.3 Å². The van der Waals surface area contributed by atoms with Crippen LogP contribution in [0, 0.1) is 0 Å². The minimum atomic E-state index is -0.263. The van der Waals surface area contributed by atoms with E-state index in [1.54, 1.807) is 0 Å². The van der Waals surface area contributed by atoms with Crippen molar-refractivity contribution in [1.29, 1.82) is 0 Å². The highest BCUT2D eigenvalue weighted by atomic mass is 16.3. The first-order valence-electron chi connectivity index (χ1n) is 21.8. The summed E-state index contributed by atoms with van der Waals surface area (Å²) in [6.07, 6.45) is 0. The molecule has 0 saturated carbocycles. The zero-order valence-corrected chi connectivity index (χ0v) is 31.8. The van der Waals surface area contributed by atoms with Gasteiger partial charge in [-0.25, -0.2) is 0 Å². The number of furan rings is 1. The van der Waals surface area contributed by atoms with Gasteiger partial charge in [-0.15, -0.1) is 0 Å². The summed E-state index contributed by atoms with van der Waals surface area (Å²) in [6, 6.07) is 65.1. The molecule has 2 aromatic heterocycles. The van der Waals surface area contributed by atoms with E-state index in [2.05, 4.69) is 103 Å². The standard InChI is InChI=1S/C56H36N2O/c1-2-13-42-35-43(28-27-37(42)11-1)40-25-23-38(24-26-40)39-29-32-44(33-30-39)57(53-21-10-22-54-55(53)50-34-31-41-12-3-4-16-47(41)56(50)59-54)45-14-9-15-46(36-45)58-51-19-7-5-17-48(51)49-18-6-8-20-52(49)58/h1-36H/i9D,14D,15D,36D. The fourth-order valence-electron chi connectivity index (χ4n) is 8.85. The molecule has 0 atom stereocenters. The maximum Gasteiger partial charge on any atom is 0.143 e. The Kier molecular flexibility index (Phi) is 6.65. The first-order chi connectivity index (χ1) is 30.9. The molecule has 10 aromatic carbocycles. The molecule has 0 radical (unpaired) electrons. The summed E-state index contributed by atoms with van der Waals surface area (Å²) in [5, 5.41) is 8.15. The second-order valence-corrected chi connectivity index (χ2v) is 15.0. The highest BCUT2D eigenvalue weighted by Crippen LogP contribution is 2.45. The molecule has 0 aliphatic heterocycles. The quantitative estimate of drug-likeness (QED) is 0.168. The second kappa shape index (κ2) is 13.4. The Balaban J connectivity index is 1.07. The normalized spacial score (nSPS) is 12.7. The van der Waals surface area contributed by atoms with Crippen LogP contribution in [0.3, 0.4) is 0 Å². The van der Waals surface area contributed by atoms with Crippen LogP contribution in [-0.2, 0) is 0 Å². The lowest BCUT2D eigenvalue weighted by atomic mass is 9.98. The third-order valence-electron chi connectivity index (χ3n) is 11.7. The molecule has 0 fully saturated rings. The number of rotatable bonds is 6. The first kappa shape index (κ1) is 29.4. The molecule has 0 saturated heterocycles. The maximum atomic E-state index is 10.1. The number of benzene rings is 10. The molecule has 3 nitrogen and oxygen atoms in total. The lowest BCUT2D eigenvalue weighted by molar-refractivity contribution is 0.672. The molecule has 0 amide bonds. The minimum Gasteiger partial charge on any atom is -0.455 e. The molecule has 0 bridgehead atoms. The van der Waals surface area contributed by atoms with E-state index in [0.717, 1.165) is 71.2 Å². The summed E-state index contributed by atoms with van der Waals surface area (Å²) in [6.45, 7) is 0. The monoisotopic (exact) mass is 756 g/mol. The van der Waals surface area contributed by atoms with Crippen LogP contribution in [-0.4, -0.2) is 4.57 Å². The van der Waals surface area contributed by atoms with Crippen LogP contribution in [0.1, 0.15) is 5.48 Å². The second-order valence-electron chi connectivity index (χ2n) is 15.0. The van der Waals surface area contributed by atoms with E-state index in [0.29, 0.717) is 17.0 Å². The Bertz CT molecular complexity index is 3740. The summed E-state index contributed by atoms with van der Waals surface area (Å²) in [5.41, 5.74) is 9.24. The third kappa shape index (κ3) is 5.44. The lowest BCUT2D eigenvalue weighted by Gasteiger charge is -2.27. The van der Waals surface area contributed by atoms with Crippen LogP contribution in [0.2, 0.25) is 0 Å². The highest BCUT2D eigenvalue weighted by Gasteiger charge is 2.21. The number of aromatic nitrogens is 1. The molecule has 0 aliphatic carbocycles. The Hall–Kier alpha value is -7.88.